The van der Waals surface area contributed by atoms with Crippen LogP contribution < -0.4 is 10.2 Å². The van der Waals surface area contributed by atoms with Gasteiger partial charge in [0.25, 0.3) is 0 Å². The second kappa shape index (κ2) is 6.69. The second-order valence-corrected chi connectivity index (χ2v) is 5.98. The molecular formula is C14H17N5O2S. The van der Waals surface area contributed by atoms with E-state index in [9.17, 15) is 10.1 Å². The van der Waals surface area contributed by atoms with Gasteiger partial charge in [-0.25, -0.2) is 4.98 Å². The van der Waals surface area contributed by atoms with Crippen LogP contribution in [-0.4, -0.2) is 34.5 Å². The number of hydrogen-bond acceptors (Lipinski definition) is 7. The molecule has 1 aliphatic rings. The Morgan fingerprint density at radius 2 is 2.23 bits per heavy atom. The van der Waals surface area contributed by atoms with E-state index in [4.69, 9.17) is 0 Å². The topological polar surface area (TPSA) is 84.2 Å². The smallest absolute Gasteiger partial charge is 0.310 e. The minimum Gasteiger partial charge on any atom is -0.379 e. The maximum absolute atomic E-state index is 10.9. The summed E-state index contributed by atoms with van der Waals surface area (Å²) in [6.45, 7) is 2.79. The minimum absolute atomic E-state index is 0.00136. The fraction of sp³-hybridized carbons (Fsp3) is 0.429. The molecule has 0 saturated carbocycles. The van der Waals surface area contributed by atoms with Crippen molar-refractivity contribution in [3.63, 3.8) is 0 Å². The van der Waals surface area contributed by atoms with Gasteiger partial charge < -0.3 is 10.2 Å². The Labute approximate surface area is 132 Å². The fourth-order valence-electron chi connectivity index (χ4n) is 2.47. The predicted molar refractivity (Wildman–Crippen MR) is 86.6 cm³/mol. The molecule has 116 valence electrons. The normalized spacial score (nSPS) is 14.3. The van der Waals surface area contributed by atoms with Gasteiger partial charge in [-0.05, 0) is 18.9 Å². The average molecular weight is 319 g/mol. The molecule has 0 spiro atoms. The van der Waals surface area contributed by atoms with Crippen molar-refractivity contribution in [1.82, 2.24) is 9.97 Å². The van der Waals surface area contributed by atoms with E-state index in [1.807, 2.05) is 0 Å². The van der Waals surface area contributed by atoms with Crippen LogP contribution in [0.5, 0.6) is 0 Å². The van der Waals surface area contributed by atoms with Gasteiger partial charge in [0.1, 0.15) is 11.9 Å². The Morgan fingerprint density at radius 3 is 3.00 bits per heavy atom. The first-order valence-corrected chi connectivity index (χ1v) is 8.13. The van der Waals surface area contributed by atoms with Gasteiger partial charge in [0, 0.05) is 37.6 Å². The van der Waals surface area contributed by atoms with Gasteiger partial charge in [0.05, 0.1) is 10.6 Å². The Bertz CT molecular complexity index is 654. The zero-order valence-electron chi connectivity index (χ0n) is 12.1. The van der Waals surface area contributed by atoms with Gasteiger partial charge in [-0.2, -0.15) is 0 Å². The van der Waals surface area contributed by atoms with Crippen molar-refractivity contribution in [2.45, 2.75) is 19.3 Å². The molecule has 1 saturated heterocycles. The third-order valence-corrected chi connectivity index (χ3v) is 4.56. The largest absolute Gasteiger partial charge is 0.379 e. The molecule has 0 bridgehead atoms. The molecule has 1 fully saturated rings. The van der Waals surface area contributed by atoms with E-state index in [0.29, 0.717) is 12.2 Å². The summed E-state index contributed by atoms with van der Waals surface area (Å²) >= 11 is 1.67. The molecule has 2 aromatic heterocycles. The van der Waals surface area contributed by atoms with E-state index in [1.54, 1.807) is 23.6 Å². The lowest BCUT2D eigenvalue weighted by Crippen LogP contribution is -2.17. The highest BCUT2D eigenvalue weighted by Crippen LogP contribution is 2.25. The SMILES string of the molecule is O=[N+]([O-])c1cnccc1NCCc1csc(N2CCCC2)n1. The molecule has 0 amide bonds. The number of nitrogens with one attached hydrogen (secondary N) is 1. The van der Waals surface area contributed by atoms with E-state index in [1.165, 1.54) is 19.0 Å². The van der Waals surface area contributed by atoms with Crippen molar-refractivity contribution in [1.29, 1.82) is 0 Å². The number of pyridine rings is 1. The minimum atomic E-state index is -0.427. The van der Waals surface area contributed by atoms with Crippen LogP contribution in [-0.2, 0) is 6.42 Å². The van der Waals surface area contributed by atoms with Crippen molar-refractivity contribution in [2.75, 3.05) is 29.9 Å². The summed E-state index contributed by atoms with van der Waals surface area (Å²) < 4.78 is 0. The highest BCUT2D eigenvalue weighted by atomic mass is 32.1. The number of nitro groups is 1. The fourth-order valence-corrected chi connectivity index (χ4v) is 3.38. The summed E-state index contributed by atoms with van der Waals surface area (Å²) in [5.41, 5.74) is 1.52. The molecule has 0 unspecified atom stereocenters. The van der Waals surface area contributed by atoms with E-state index < -0.39 is 4.92 Å². The van der Waals surface area contributed by atoms with Crippen LogP contribution in [0.25, 0.3) is 0 Å². The first-order valence-electron chi connectivity index (χ1n) is 7.25. The van der Waals surface area contributed by atoms with Crippen molar-refractivity contribution in [3.8, 4) is 0 Å². The van der Waals surface area contributed by atoms with Crippen molar-refractivity contribution in [2.24, 2.45) is 0 Å². The molecule has 3 heterocycles. The number of aromatic nitrogens is 2. The van der Waals surface area contributed by atoms with Crippen molar-refractivity contribution in [3.05, 3.63) is 39.6 Å². The first-order chi connectivity index (χ1) is 10.7. The molecule has 7 nitrogen and oxygen atoms in total. The number of rotatable bonds is 6. The Balaban J connectivity index is 1.56. The lowest BCUT2D eigenvalue weighted by atomic mass is 10.3. The molecule has 0 aliphatic carbocycles. The molecule has 22 heavy (non-hydrogen) atoms. The van der Waals surface area contributed by atoms with Gasteiger partial charge in [-0.1, -0.05) is 0 Å². The van der Waals surface area contributed by atoms with Crippen LogP contribution in [0.4, 0.5) is 16.5 Å². The summed E-state index contributed by atoms with van der Waals surface area (Å²) in [6, 6.07) is 1.62. The third-order valence-electron chi connectivity index (χ3n) is 3.61. The van der Waals surface area contributed by atoms with E-state index in [2.05, 4.69) is 25.6 Å². The van der Waals surface area contributed by atoms with Crippen LogP contribution in [0.2, 0.25) is 0 Å². The summed E-state index contributed by atoms with van der Waals surface area (Å²) in [4.78, 5) is 21.2. The van der Waals surface area contributed by atoms with Crippen LogP contribution in [0.1, 0.15) is 18.5 Å². The second-order valence-electron chi connectivity index (χ2n) is 5.14. The molecule has 2 aromatic rings. The zero-order valence-corrected chi connectivity index (χ0v) is 12.9. The van der Waals surface area contributed by atoms with Crippen LogP contribution >= 0.6 is 11.3 Å². The van der Waals surface area contributed by atoms with Gasteiger partial charge in [-0.3, -0.25) is 15.1 Å². The standard InChI is InChI=1S/C14H17N5O2S/c20-19(21)13-9-15-5-4-12(13)16-6-3-11-10-22-14(17-11)18-7-1-2-8-18/h4-5,9-10H,1-3,6-8H2,(H,15,16). The van der Waals surface area contributed by atoms with E-state index in [-0.39, 0.29) is 5.69 Å². The highest BCUT2D eigenvalue weighted by molar-refractivity contribution is 7.13. The Morgan fingerprint density at radius 1 is 1.41 bits per heavy atom. The van der Waals surface area contributed by atoms with Gasteiger partial charge in [0.2, 0.25) is 0 Å². The third kappa shape index (κ3) is 3.33. The lowest BCUT2D eigenvalue weighted by molar-refractivity contribution is -0.384. The van der Waals surface area contributed by atoms with Gasteiger partial charge in [0.15, 0.2) is 5.13 Å². The van der Waals surface area contributed by atoms with Crippen molar-refractivity contribution < 1.29 is 4.92 Å². The molecule has 0 aromatic carbocycles. The van der Waals surface area contributed by atoms with Crippen molar-refractivity contribution >= 4 is 27.8 Å². The highest BCUT2D eigenvalue weighted by Gasteiger charge is 2.16. The van der Waals surface area contributed by atoms with Gasteiger partial charge >= 0.3 is 5.69 Å². The van der Waals surface area contributed by atoms with E-state index >= 15 is 0 Å². The summed E-state index contributed by atoms with van der Waals surface area (Å²) in [7, 11) is 0. The maximum atomic E-state index is 10.9. The molecule has 8 heteroatoms. The van der Waals surface area contributed by atoms with Crippen LogP contribution in [0.3, 0.4) is 0 Å². The zero-order chi connectivity index (χ0) is 15.4. The number of anilines is 2. The molecule has 1 aliphatic heterocycles. The summed E-state index contributed by atoms with van der Waals surface area (Å²) in [6.07, 6.45) is 6.02. The van der Waals surface area contributed by atoms with Crippen LogP contribution in [0, 0.1) is 10.1 Å². The lowest BCUT2D eigenvalue weighted by Gasteiger charge is -2.12. The monoisotopic (exact) mass is 319 g/mol. The van der Waals surface area contributed by atoms with E-state index in [0.717, 1.165) is 30.3 Å². The van der Waals surface area contributed by atoms with Crippen LogP contribution in [0.15, 0.2) is 23.8 Å². The molecule has 1 N–H and O–H groups in total. The Hall–Kier alpha value is -2.22. The Kier molecular flexibility index (Phi) is 4.47. The average Bonchev–Trinajstić information content (AvgIpc) is 3.18. The van der Waals surface area contributed by atoms with Gasteiger partial charge in [-0.15, -0.1) is 11.3 Å². The molecule has 0 atom stereocenters. The molecule has 0 radical (unpaired) electrons. The molecule has 3 rings (SSSR count). The number of hydrogen-bond donors (Lipinski definition) is 1. The molecular weight excluding hydrogens is 302 g/mol. The summed E-state index contributed by atoms with van der Waals surface area (Å²) in [5, 5.41) is 17.2. The first kappa shape index (κ1) is 14.7. The quantitative estimate of drug-likeness (QED) is 0.651. The predicted octanol–water partition coefficient (Wildman–Crippen LogP) is 2.70. The number of nitrogens with zero attached hydrogens (tertiary/aromatic N) is 4. The number of thiazole rings is 1. The maximum Gasteiger partial charge on any atom is 0.310 e. The summed E-state index contributed by atoms with van der Waals surface area (Å²) in [5.74, 6) is 0.